The van der Waals surface area contributed by atoms with Crippen molar-refractivity contribution in [2.24, 2.45) is 5.92 Å². The molecular weight excluding hydrogens is 304 g/mol. The van der Waals surface area contributed by atoms with E-state index in [4.69, 9.17) is 4.74 Å². The molecule has 1 aromatic heterocycles. The van der Waals surface area contributed by atoms with Crippen LogP contribution in [0.15, 0.2) is 43.0 Å². The van der Waals surface area contributed by atoms with E-state index < -0.39 is 5.41 Å². The molecule has 2 aromatic rings. The fourth-order valence-electron chi connectivity index (χ4n) is 3.85. The van der Waals surface area contributed by atoms with Gasteiger partial charge in [0, 0.05) is 38.8 Å². The monoisotopic (exact) mass is 326 g/mol. The van der Waals surface area contributed by atoms with Gasteiger partial charge in [-0.15, -0.1) is 0 Å². The molecular formula is C18H22N4O2. The number of carbonyl (C=O) groups is 1. The molecule has 2 saturated heterocycles. The zero-order valence-corrected chi connectivity index (χ0v) is 13.7. The Hall–Kier alpha value is -2.21. The predicted octanol–water partition coefficient (Wildman–Crippen LogP) is 1.48. The normalized spacial score (nSPS) is 20.6. The van der Waals surface area contributed by atoms with E-state index in [-0.39, 0.29) is 5.91 Å². The van der Waals surface area contributed by atoms with Crippen molar-refractivity contribution < 1.29 is 9.53 Å². The highest BCUT2D eigenvalue weighted by molar-refractivity contribution is 5.89. The van der Waals surface area contributed by atoms with E-state index in [2.05, 4.69) is 22.2 Å². The minimum Gasteiger partial charge on any atom is -0.381 e. The van der Waals surface area contributed by atoms with Crippen LogP contribution < -0.4 is 0 Å². The first kappa shape index (κ1) is 15.3. The molecule has 0 aliphatic carbocycles. The molecule has 4 rings (SSSR count). The number of aromatic nitrogens is 3. The first-order valence-corrected chi connectivity index (χ1v) is 8.53. The van der Waals surface area contributed by atoms with E-state index in [0.29, 0.717) is 19.1 Å². The molecule has 0 bridgehead atoms. The number of hydrogen-bond donors (Lipinski definition) is 0. The zero-order valence-electron chi connectivity index (χ0n) is 13.7. The summed E-state index contributed by atoms with van der Waals surface area (Å²) in [4.78, 5) is 19.3. The number of hydrogen-bond acceptors (Lipinski definition) is 4. The lowest BCUT2D eigenvalue weighted by Gasteiger charge is -2.46. The Morgan fingerprint density at radius 1 is 1.21 bits per heavy atom. The van der Waals surface area contributed by atoms with Crippen LogP contribution in [-0.2, 0) is 21.5 Å². The lowest BCUT2D eigenvalue weighted by Crippen LogP contribution is -2.58. The SMILES string of the molecule is O=C(N1CC(Cn2cncn2)C1)C1(c2ccccc2)CCOCC1. The molecule has 0 N–H and O–H groups in total. The van der Waals surface area contributed by atoms with E-state index >= 15 is 0 Å². The van der Waals surface area contributed by atoms with E-state index in [9.17, 15) is 4.79 Å². The maximum Gasteiger partial charge on any atom is 0.233 e. The van der Waals surface area contributed by atoms with Gasteiger partial charge in [-0.05, 0) is 18.4 Å². The van der Waals surface area contributed by atoms with Crippen molar-refractivity contribution >= 4 is 5.91 Å². The van der Waals surface area contributed by atoms with Gasteiger partial charge < -0.3 is 9.64 Å². The van der Waals surface area contributed by atoms with Crippen LogP contribution in [0.25, 0.3) is 0 Å². The molecule has 24 heavy (non-hydrogen) atoms. The molecule has 0 saturated carbocycles. The van der Waals surface area contributed by atoms with Gasteiger partial charge in [0.2, 0.25) is 5.91 Å². The van der Waals surface area contributed by atoms with E-state index in [1.807, 2.05) is 27.8 Å². The van der Waals surface area contributed by atoms with Gasteiger partial charge in [-0.2, -0.15) is 5.10 Å². The van der Waals surface area contributed by atoms with E-state index in [1.54, 1.807) is 12.7 Å². The van der Waals surface area contributed by atoms with Gasteiger partial charge in [0.15, 0.2) is 0 Å². The van der Waals surface area contributed by atoms with Crippen LogP contribution in [0, 0.1) is 5.92 Å². The summed E-state index contributed by atoms with van der Waals surface area (Å²) in [5.41, 5.74) is 0.704. The molecule has 0 radical (unpaired) electrons. The van der Waals surface area contributed by atoms with Crippen molar-refractivity contribution in [1.82, 2.24) is 19.7 Å². The van der Waals surface area contributed by atoms with E-state index in [0.717, 1.165) is 38.0 Å². The van der Waals surface area contributed by atoms with Crippen molar-refractivity contribution in [3.05, 3.63) is 48.5 Å². The Morgan fingerprint density at radius 2 is 1.96 bits per heavy atom. The topological polar surface area (TPSA) is 60.2 Å². The number of benzene rings is 1. The Labute approximate surface area is 141 Å². The average molecular weight is 326 g/mol. The molecule has 0 unspecified atom stereocenters. The minimum absolute atomic E-state index is 0.256. The number of ether oxygens (including phenoxy) is 1. The highest BCUT2D eigenvalue weighted by Crippen LogP contribution is 2.38. The summed E-state index contributed by atoms with van der Waals surface area (Å²) < 4.78 is 7.37. The number of nitrogens with zero attached hydrogens (tertiary/aromatic N) is 4. The first-order chi connectivity index (χ1) is 11.8. The average Bonchev–Trinajstić information content (AvgIpc) is 3.12. The number of carbonyl (C=O) groups excluding carboxylic acids is 1. The first-order valence-electron chi connectivity index (χ1n) is 8.53. The predicted molar refractivity (Wildman–Crippen MR) is 88.3 cm³/mol. The highest BCUT2D eigenvalue weighted by atomic mass is 16.5. The van der Waals surface area contributed by atoms with Gasteiger partial charge in [-0.1, -0.05) is 30.3 Å². The van der Waals surface area contributed by atoms with Crippen molar-refractivity contribution in [2.45, 2.75) is 24.8 Å². The lowest BCUT2D eigenvalue weighted by molar-refractivity contribution is -0.148. The minimum atomic E-state index is -0.419. The molecule has 2 aliphatic heterocycles. The summed E-state index contributed by atoms with van der Waals surface area (Å²) >= 11 is 0. The summed E-state index contributed by atoms with van der Waals surface area (Å²) in [6.45, 7) is 3.72. The van der Waals surface area contributed by atoms with Crippen LogP contribution in [-0.4, -0.2) is 51.9 Å². The van der Waals surface area contributed by atoms with Crippen LogP contribution in [0.3, 0.4) is 0 Å². The smallest absolute Gasteiger partial charge is 0.233 e. The fraction of sp³-hybridized carbons (Fsp3) is 0.500. The van der Waals surface area contributed by atoms with Crippen molar-refractivity contribution in [1.29, 1.82) is 0 Å². The van der Waals surface area contributed by atoms with Crippen LogP contribution in [0.4, 0.5) is 0 Å². The molecule has 6 nitrogen and oxygen atoms in total. The molecule has 2 aliphatic rings. The number of likely N-dealkylation sites (tertiary alicyclic amines) is 1. The second-order valence-electron chi connectivity index (χ2n) is 6.75. The number of rotatable bonds is 4. The molecule has 0 spiro atoms. The molecule has 0 atom stereocenters. The second-order valence-corrected chi connectivity index (χ2v) is 6.75. The fourth-order valence-corrected chi connectivity index (χ4v) is 3.85. The van der Waals surface area contributed by atoms with Gasteiger partial charge in [-0.3, -0.25) is 9.48 Å². The zero-order chi connectivity index (χ0) is 16.4. The van der Waals surface area contributed by atoms with Crippen molar-refractivity contribution in [2.75, 3.05) is 26.3 Å². The molecule has 1 aromatic carbocycles. The third-order valence-corrected chi connectivity index (χ3v) is 5.24. The van der Waals surface area contributed by atoms with E-state index in [1.165, 1.54) is 0 Å². The third-order valence-electron chi connectivity index (χ3n) is 5.24. The van der Waals surface area contributed by atoms with Gasteiger partial charge in [0.25, 0.3) is 0 Å². The summed E-state index contributed by atoms with van der Waals surface area (Å²) in [6, 6.07) is 10.2. The van der Waals surface area contributed by atoms with Crippen LogP contribution in [0.1, 0.15) is 18.4 Å². The summed E-state index contributed by atoms with van der Waals surface area (Å²) in [6.07, 6.45) is 4.81. The van der Waals surface area contributed by atoms with Crippen molar-refractivity contribution in [3.63, 3.8) is 0 Å². The molecule has 3 heterocycles. The van der Waals surface area contributed by atoms with Gasteiger partial charge in [-0.25, -0.2) is 4.98 Å². The Bertz CT molecular complexity index is 674. The number of amides is 1. The largest absolute Gasteiger partial charge is 0.381 e. The maximum atomic E-state index is 13.3. The lowest BCUT2D eigenvalue weighted by atomic mass is 9.72. The van der Waals surface area contributed by atoms with Crippen LogP contribution in [0.2, 0.25) is 0 Å². The summed E-state index contributed by atoms with van der Waals surface area (Å²) in [5, 5.41) is 4.14. The van der Waals surface area contributed by atoms with Crippen LogP contribution in [0.5, 0.6) is 0 Å². The highest BCUT2D eigenvalue weighted by Gasteiger charge is 2.46. The standard InChI is InChI=1S/C18H22N4O2/c23-17(21-10-15(11-21)12-22-14-19-13-20-22)18(6-8-24-9-7-18)16-4-2-1-3-5-16/h1-5,13-15H,6-12H2. The Kier molecular flexibility index (Phi) is 4.06. The summed E-state index contributed by atoms with van der Waals surface area (Å²) in [7, 11) is 0. The molecule has 6 heteroatoms. The molecule has 1 amide bonds. The Morgan fingerprint density at radius 3 is 2.62 bits per heavy atom. The maximum absolute atomic E-state index is 13.3. The van der Waals surface area contributed by atoms with Gasteiger partial charge in [0.05, 0.1) is 5.41 Å². The second kappa shape index (κ2) is 6.36. The molecule has 126 valence electrons. The quantitative estimate of drug-likeness (QED) is 0.854. The van der Waals surface area contributed by atoms with Gasteiger partial charge in [0.1, 0.15) is 12.7 Å². The molecule has 2 fully saturated rings. The summed E-state index contributed by atoms with van der Waals surface area (Å²) in [5.74, 6) is 0.718. The third kappa shape index (κ3) is 2.71. The van der Waals surface area contributed by atoms with Crippen LogP contribution >= 0.6 is 0 Å². The van der Waals surface area contributed by atoms with Gasteiger partial charge >= 0.3 is 0 Å². The Balaban J connectivity index is 1.47. The van der Waals surface area contributed by atoms with Crippen molar-refractivity contribution in [3.8, 4) is 0 Å².